The molecule has 1 N–H and O–H groups in total. The van der Waals surface area contributed by atoms with Crippen molar-refractivity contribution in [3.8, 4) is 0 Å². The Bertz CT molecular complexity index is 125. The Kier molecular flexibility index (Phi) is 1.62. The molecule has 0 radical (unpaired) electrons. The molecule has 1 aliphatic rings. The molecule has 1 aliphatic carbocycles. The zero-order chi connectivity index (χ0) is 6.91. The summed E-state index contributed by atoms with van der Waals surface area (Å²) in [7, 11) is 0. The van der Waals surface area contributed by atoms with Crippen LogP contribution in [0.15, 0.2) is 12.2 Å². The van der Waals surface area contributed by atoms with Crippen molar-refractivity contribution in [3.05, 3.63) is 12.2 Å². The van der Waals surface area contributed by atoms with Crippen LogP contribution in [0.4, 0.5) is 0 Å². The van der Waals surface area contributed by atoms with Gasteiger partial charge in [-0.25, -0.2) is 0 Å². The van der Waals surface area contributed by atoms with E-state index < -0.39 is 5.60 Å². The van der Waals surface area contributed by atoms with Crippen LogP contribution >= 0.6 is 0 Å². The lowest BCUT2D eigenvalue weighted by atomic mass is 9.83. The molecular formula is C8H14O. The van der Waals surface area contributed by atoms with Gasteiger partial charge < -0.3 is 5.11 Å². The molecule has 0 aromatic heterocycles. The van der Waals surface area contributed by atoms with Crippen LogP contribution in [0, 0.1) is 0 Å². The smallest absolute Gasteiger partial charge is 0.0826 e. The van der Waals surface area contributed by atoms with Crippen molar-refractivity contribution < 1.29 is 5.11 Å². The molecule has 0 amide bonds. The summed E-state index contributed by atoms with van der Waals surface area (Å²) in [5.41, 5.74) is 0.451. The van der Waals surface area contributed by atoms with Gasteiger partial charge in [-0.1, -0.05) is 6.58 Å². The predicted molar refractivity (Wildman–Crippen MR) is 38.2 cm³/mol. The standard InChI is InChI=1S/C8H14O/c1-7-5-3-4-6-8(7,2)9/h9H,1,3-6H2,2H3/t8-/m0/s1. The van der Waals surface area contributed by atoms with E-state index in [2.05, 4.69) is 6.58 Å². The first-order chi connectivity index (χ1) is 4.13. The highest BCUT2D eigenvalue weighted by molar-refractivity contribution is 5.12. The van der Waals surface area contributed by atoms with E-state index in [-0.39, 0.29) is 0 Å². The molecule has 0 aromatic rings. The Hall–Kier alpha value is -0.300. The minimum atomic E-state index is -0.557. The zero-order valence-electron chi connectivity index (χ0n) is 5.98. The molecule has 0 heterocycles. The van der Waals surface area contributed by atoms with Crippen LogP contribution < -0.4 is 0 Å². The van der Waals surface area contributed by atoms with Crippen molar-refractivity contribution in [2.75, 3.05) is 0 Å². The lowest BCUT2D eigenvalue weighted by Gasteiger charge is -2.30. The summed E-state index contributed by atoms with van der Waals surface area (Å²) < 4.78 is 0. The zero-order valence-corrected chi connectivity index (χ0v) is 5.98. The largest absolute Gasteiger partial charge is 0.386 e. The van der Waals surface area contributed by atoms with Gasteiger partial charge in [-0.15, -0.1) is 0 Å². The maximum atomic E-state index is 9.54. The third-order valence-corrected chi connectivity index (χ3v) is 2.15. The maximum absolute atomic E-state index is 9.54. The summed E-state index contributed by atoms with van der Waals surface area (Å²) in [5, 5.41) is 9.54. The first-order valence-electron chi connectivity index (χ1n) is 3.53. The summed E-state index contributed by atoms with van der Waals surface area (Å²) in [6.07, 6.45) is 4.25. The molecule has 0 unspecified atom stereocenters. The number of aliphatic hydroxyl groups is 1. The molecule has 1 fully saturated rings. The van der Waals surface area contributed by atoms with Crippen molar-refractivity contribution in [3.63, 3.8) is 0 Å². The lowest BCUT2D eigenvalue weighted by molar-refractivity contribution is 0.0714. The highest BCUT2D eigenvalue weighted by Crippen LogP contribution is 2.30. The van der Waals surface area contributed by atoms with Crippen molar-refractivity contribution in [1.82, 2.24) is 0 Å². The molecule has 52 valence electrons. The Morgan fingerprint density at radius 1 is 1.56 bits per heavy atom. The first-order valence-corrected chi connectivity index (χ1v) is 3.53. The van der Waals surface area contributed by atoms with E-state index in [0.29, 0.717) is 0 Å². The summed E-state index contributed by atoms with van der Waals surface area (Å²) in [6.45, 7) is 5.67. The monoisotopic (exact) mass is 126 g/mol. The summed E-state index contributed by atoms with van der Waals surface area (Å²) in [6, 6.07) is 0. The fraction of sp³-hybridized carbons (Fsp3) is 0.750. The molecule has 0 saturated heterocycles. The summed E-state index contributed by atoms with van der Waals surface area (Å²) >= 11 is 0. The van der Waals surface area contributed by atoms with Gasteiger partial charge in [-0.2, -0.15) is 0 Å². The Morgan fingerprint density at radius 3 is 2.56 bits per heavy atom. The van der Waals surface area contributed by atoms with Gasteiger partial charge in [-0.05, 0) is 38.2 Å². The normalized spacial score (nSPS) is 36.9. The molecule has 9 heavy (non-hydrogen) atoms. The van der Waals surface area contributed by atoms with Crippen LogP contribution in [0.5, 0.6) is 0 Å². The number of hydrogen-bond acceptors (Lipinski definition) is 1. The fourth-order valence-corrected chi connectivity index (χ4v) is 1.25. The van der Waals surface area contributed by atoms with Crippen molar-refractivity contribution in [2.24, 2.45) is 0 Å². The van der Waals surface area contributed by atoms with Crippen molar-refractivity contribution >= 4 is 0 Å². The molecule has 1 rings (SSSR count). The van der Waals surface area contributed by atoms with E-state index in [1.54, 1.807) is 0 Å². The van der Waals surface area contributed by atoms with E-state index in [1.807, 2.05) is 6.92 Å². The van der Waals surface area contributed by atoms with Gasteiger partial charge in [0.2, 0.25) is 0 Å². The van der Waals surface area contributed by atoms with Crippen LogP contribution in [0.2, 0.25) is 0 Å². The van der Waals surface area contributed by atoms with Crippen LogP contribution in [0.25, 0.3) is 0 Å². The molecule has 0 spiro atoms. The molecule has 1 saturated carbocycles. The third kappa shape index (κ3) is 1.33. The topological polar surface area (TPSA) is 20.2 Å². The van der Waals surface area contributed by atoms with E-state index in [0.717, 1.165) is 24.8 Å². The quantitative estimate of drug-likeness (QED) is 0.491. The minimum Gasteiger partial charge on any atom is -0.386 e. The Labute approximate surface area is 56.4 Å². The van der Waals surface area contributed by atoms with Crippen LogP contribution in [-0.4, -0.2) is 10.7 Å². The summed E-state index contributed by atoms with van der Waals surface area (Å²) in [5.74, 6) is 0. The summed E-state index contributed by atoms with van der Waals surface area (Å²) in [4.78, 5) is 0. The fourth-order valence-electron chi connectivity index (χ4n) is 1.25. The number of hydrogen-bond donors (Lipinski definition) is 1. The second-order valence-electron chi connectivity index (χ2n) is 3.08. The molecule has 1 atom stereocenters. The Morgan fingerprint density at radius 2 is 2.22 bits per heavy atom. The molecule has 1 nitrogen and oxygen atoms in total. The molecule has 0 aliphatic heterocycles. The van der Waals surface area contributed by atoms with Gasteiger partial charge >= 0.3 is 0 Å². The number of rotatable bonds is 0. The van der Waals surface area contributed by atoms with E-state index >= 15 is 0 Å². The predicted octanol–water partition coefficient (Wildman–Crippen LogP) is 1.87. The molecule has 0 aromatic carbocycles. The van der Waals surface area contributed by atoms with Crippen molar-refractivity contribution in [2.45, 2.75) is 38.2 Å². The highest BCUT2D eigenvalue weighted by Gasteiger charge is 2.26. The SMILES string of the molecule is C=C1CCCC[C@]1(C)O. The van der Waals surface area contributed by atoms with Gasteiger partial charge in [0, 0.05) is 0 Å². The van der Waals surface area contributed by atoms with Gasteiger partial charge in [0.15, 0.2) is 0 Å². The average Bonchev–Trinajstić information content (AvgIpc) is 1.77. The lowest BCUT2D eigenvalue weighted by Crippen LogP contribution is -2.29. The third-order valence-electron chi connectivity index (χ3n) is 2.15. The molecular weight excluding hydrogens is 112 g/mol. The molecule has 1 heteroatoms. The highest BCUT2D eigenvalue weighted by atomic mass is 16.3. The van der Waals surface area contributed by atoms with Gasteiger partial charge in [-0.3, -0.25) is 0 Å². The average molecular weight is 126 g/mol. The van der Waals surface area contributed by atoms with Crippen LogP contribution in [0.3, 0.4) is 0 Å². The van der Waals surface area contributed by atoms with E-state index in [4.69, 9.17) is 0 Å². The van der Waals surface area contributed by atoms with Crippen molar-refractivity contribution in [1.29, 1.82) is 0 Å². The van der Waals surface area contributed by atoms with Gasteiger partial charge in [0.25, 0.3) is 0 Å². The van der Waals surface area contributed by atoms with E-state index in [1.165, 1.54) is 6.42 Å². The molecule has 0 bridgehead atoms. The van der Waals surface area contributed by atoms with E-state index in [9.17, 15) is 5.11 Å². The second-order valence-corrected chi connectivity index (χ2v) is 3.08. The van der Waals surface area contributed by atoms with Crippen LogP contribution in [0.1, 0.15) is 32.6 Å². The Balaban J connectivity index is 2.60. The maximum Gasteiger partial charge on any atom is 0.0826 e. The van der Waals surface area contributed by atoms with Gasteiger partial charge in [0.05, 0.1) is 5.60 Å². The first kappa shape index (κ1) is 6.81. The second kappa shape index (κ2) is 2.14. The van der Waals surface area contributed by atoms with Gasteiger partial charge in [0.1, 0.15) is 0 Å². The minimum absolute atomic E-state index is 0.557. The van der Waals surface area contributed by atoms with Crippen LogP contribution in [-0.2, 0) is 0 Å².